The zero-order chi connectivity index (χ0) is 33.0. The number of anilines is 1. The Labute approximate surface area is 269 Å². The Kier molecular flexibility index (Phi) is 11.0. The number of carbonyl (C=O) groups excluding carboxylic acids is 1. The second-order valence-electron chi connectivity index (χ2n) is 12.8. The van der Waals surface area contributed by atoms with Gasteiger partial charge in [-0.25, -0.2) is 22.0 Å². The summed E-state index contributed by atoms with van der Waals surface area (Å²) >= 11 is 0. The van der Waals surface area contributed by atoms with Gasteiger partial charge in [0.2, 0.25) is 15.9 Å². The number of nitrogens with one attached hydrogen (secondary N) is 2. The van der Waals surface area contributed by atoms with Gasteiger partial charge in [0.1, 0.15) is 17.7 Å². The number of benzene rings is 2. The van der Waals surface area contributed by atoms with E-state index in [1.54, 1.807) is 29.6 Å². The van der Waals surface area contributed by atoms with Crippen LogP contribution in [0.4, 0.5) is 19.3 Å². The summed E-state index contributed by atoms with van der Waals surface area (Å²) in [6.07, 6.45) is 3.46. The predicted octanol–water partition coefficient (Wildman–Crippen LogP) is 4.57. The van der Waals surface area contributed by atoms with E-state index in [4.69, 9.17) is 4.74 Å². The quantitative estimate of drug-likeness (QED) is 0.340. The smallest absolute Gasteiger partial charge is 0.407 e. The van der Waals surface area contributed by atoms with Crippen LogP contribution in [0, 0.1) is 17.6 Å². The number of fused-ring (bicyclic) bond motifs is 2. The van der Waals surface area contributed by atoms with Crippen molar-refractivity contribution in [1.29, 1.82) is 0 Å². The number of likely N-dealkylation sites (N-methyl/N-ethyl adjacent to an activating group) is 1. The first-order chi connectivity index (χ1) is 22.0. The van der Waals surface area contributed by atoms with Crippen LogP contribution in [-0.4, -0.2) is 92.0 Å². The van der Waals surface area contributed by atoms with Gasteiger partial charge in [-0.1, -0.05) is 18.2 Å². The van der Waals surface area contributed by atoms with Crippen molar-refractivity contribution in [1.82, 2.24) is 14.5 Å². The molecule has 1 aliphatic carbocycles. The number of carbonyl (C=O) groups is 2. The Morgan fingerprint density at radius 2 is 1.83 bits per heavy atom. The highest BCUT2D eigenvalue weighted by Crippen LogP contribution is 2.41. The lowest BCUT2D eigenvalue weighted by Crippen LogP contribution is -2.57. The summed E-state index contributed by atoms with van der Waals surface area (Å²) in [6.45, 7) is 0.838. The third-order valence-electron chi connectivity index (χ3n) is 10.0. The second kappa shape index (κ2) is 14.7. The van der Waals surface area contributed by atoms with Crippen LogP contribution in [0.2, 0.25) is 0 Å². The number of carboxylic acid groups (broad SMARTS) is 1. The minimum Gasteiger partial charge on any atom is -0.465 e. The lowest BCUT2D eigenvalue weighted by Gasteiger charge is -2.40. The molecule has 5 rings (SSSR count). The highest BCUT2D eigenvalue weighted by molar-refractivity contribution is 7.89. The summed E-state index contributed by atoms with van der Waals surface area (Å²) in [4.78, 5) is 27.6. The topological polar surface area (TPSA) is 128 Å². The Hall–Kier alpha value is -3.13. The monoisotopic (exact) mass is 662 g/mol. The lowest BCUT2D eigenvalue weighted by molar-refractivity contribution is -0.121. The fourth-order valence-corrected chi connectivity index (χ4v) is 9.28. The summed E-state index contributed by atoms with van der Waals surface area (Å²) in [5, 5.41) is 16.3. The number of nitrogens with zero attached hydrogens (tertiary/aromatic N) is 2. The van der Waals surface area contributed by atoms with Crippen LogP contribution in [0.1, 0.15) is 62.0 Å². The van der Waals surface area contributed by atoms with Crippen LogP contribution in [0.3, 0.4) is 0 Å². The largest absolute Gasteiger partial charge is 0.465 e. The van der Waals surface area contributed by atoms with Crippen LogP contribution in [0.25, 0.3) is 0 Å². The van der Waals surface area contributed by atoms with Crippen molar-refractivity contribution in [3.63, 3.8) is 0 Å². The number of methoxy groups -OCH3 is 1. The van der Waals surface area contributed by atoms with Crippen molar-refractivity contribution in [2.24, 2.45) is 5.92 Å². The number of sulfonamides is 1. The molecule has 3 fully saturated rings. The molecule has 1 saturated carbocycles. The third kappa shape index (κ3) is 7.70. The van der Waals surface area contributed by atoms with Gasteiger partial charge in [0.25, 0.3) is 0 Å². The lowest BCUT2D eigenvalue weighted by atomic mass is 9.72. The van der Waals surface area contributed by atoms with Gasteiger partial charge in [-0.15, -0.1) is 0 Å². The van der Waals surface area contributed by atoms with Gasteiger partial charge in [0.05, 0.1) is 11.9 Å². The van der Waals surface area contributed by atoms with E-state index in [1.165, 1.54) is 31.3 Å². The number of ether oxygens (including phenoxy) is 1. The molecule has 10 nitrogen and oxygen atoms in total. The van der Waals surface area contributed by atoms with Crippen LogP contribution < -0.4 is 10.6 Å². The molecule has 252 valence electrons. The first-order valence-corrected chi connectivity index (χ1v) is 17.6. The standard InChI is InChI=1S/C33H44F2N4O6S/c1-38(33(41)42)31(30(21-8-12-23(34)13-9-21)22-10-15-26(45-2)16-11-22)32(40)37-29-7-3-6-28(35)27(29)17-14-25-19-36-24-5-4-18-46(43,44)39(25)20-24/h3,6-9,12-13,22,24-26,30-31,36H,4-5,10-11,14-20H2,1-2H3,(H,37,40)(H,41,42)/t22?,24-,25+,26?,30+,31+/m1/s1. The molecular weight excluding hydrogens is 618 g/mol. The van der Waals surface area contributed by atoms with E-state index in [0.717, 1.165) is 24.2 Å². The molecule has 2 heterocycles. The third-order valence-corrected chi connectivity index (χ3v) is 12.0. The predicted molar refractivity (Wildman–Crippen MR) is 170 cm³/mol. The van der Waals surface area contributed by atoms with Crippen molar-refractivity contribution in [3.05, 3.63) is 65.2 Å². The average Bonchev–Trinajstić information content (AvgIpc) is 3.15. The summed E-state index contributed by atoms with van der Waals surface area (Å²) < 4.78 is 62.4. The maximum absolute atomic E-state index is 15.4. The minimum absolute atomic E-state index is 0.0685. The maximum atomic E-state index is 15.4. The van der Waals surface area contributed by atoms with E-state index in [1.807, 2.05) is 0 Å². The number of piperazine rings is 1. The summed E-state index contributed by atoms with van der Waals surface area (Å²) in [5.41, 5.74) is 1.06. The van der Waals surface area contributed by atoms with Gasteiger partial charge >= 0.3 is 6.09 Å². The van der Waals surface area contributed by atoms with Crippen molar-refractivity contribution >= 4 is 27.7 Å². The van der Waals surface area contributed by atoms with Gasteiger partial charge in [0, 0.05) is 56.5 Å². The Balaban J connectivity index is 1.42. The maximum Gasteiger partial charge on any atom is 0.407 e. The van der Waals surface area contributed by atoms with Crippen molar-refractivity contribution in [2.45, 2.75) is 81.5 Å². The van der Waals surface area contributed by atoms with Gasteiger partial charge in [-0.3, -0.25) is 9.69 Å². The van der Waals surface area contributed by atoms with Gasteiger partial charge in [0.15, 0.2) is 0 Å². The first-order valence-electron chi connectivity index (χ1n) is 16.0. The summed E-state index contributed by atoms with van der Waals surface area (Å²) in [5.74, 6) is -2.24. The Bertz CT molecular complexity index is 1490. The fourth-order valence-electron chi connectivity index (χ4n) is 7.47. The molecule has 2 bridgehead atoms. The molecule has 0 aromatic heterocycles. The highest BCUT2D eigenvalue weighted by Gasteiger charge is 2.42. The molecule has 1 unspecified atom stereocenters. The van der Waals surface area contributed by atoms with E-state index in [0.29, 0.717) is 44.3 Å². The van der Waals surface area contributed by atoms with Crippen molar-refractivity contribution in [3.8, 4) is 0 Å². The first kappa shape index (κ1) is 34.2. The molecule has 0 spiro atoms. The molecule has 0 radical (unpaired) electrons. The number of halogens is 2. The van der Waals surface area contributed by atoms with Crippen LogP contribution in [0.5, 0.6) is 0 Å². The van der Waals surface area contributed by atoms with Crippen LogP contribution in [-0.2, 0) is 26.0 Å². The van der Waals surface area contributed by atoms with Crippen molar-refractivity contribution < 1.29 is 36.6 Å². The van der Waals surface area contributed by atoms with Crippen molar-refractivity contribution in [2.75, 3.05) is 38.3 Å². The van der Waals surface area contributed by atoms with E-state index in [-0.39, 0.29) is 47.5 Å². The van der Waals surface area contributed by atoms with Gasteiger partial charge in [-0.2, -0.15) is 4.31 Å². The highest BCUT2D eigenvalue weighted by atomic mass is 32.2. The molecule has 46 heavy (non-hydrogen) atoms. The molecule has 2 aliphatic heterocycles. The molecule has 3 N–H and O–H groups in total. The molecule has 2 aromatic carbocycles. The SMILES string of the molecule is COC1CCC([C@H](c2ccc(F)cc2)[C@@H](C(=O)Nc2cccc(F)c2CC[C@H]2CN[C@@H]3CCCS(=O)(=O)N2C3)N(C)C(=O)O)CC1. The van der Waals surface area contributed by atoms with Gasteiger partial charge < -0.3 is 20.5 Å². The zero-order valence-electron chi connectivity index (χ0n) is 26.3. The normalized spacial score (nSPS) is 27.2. The summed E-state index contributed by atoms with van der Waals surface area (Å²) in [6, 6.07) is 8.65. The number of amides is 2. The van der Waals surface area contributed by atoms with Crippen LogP contribution >= 0.6 is 0 Å². The minimum atomic E-state index is -3.43. The summed E-state index contributed by atoms with van der Waals surface area (Å²) in [7, 11) is -0.441. The molecule has 5 atom stereocenters. The fraction of sp³-hybridized carbons (Fsp3) is 0.576. The van der Waals surface area contributed by atoms with Gasteiger partial charge in [-0.05, 0) is 87.1 Å². The number of hydrogen-bond acceptors (Lipinski definition) is 6. The zero-order valence-corrected chi connectivity index (χ0v) is 27.1. The Morgan fingerprint density at radius 1 is 1.11 bits per heavy atom. The molecule has 2 amide bonds. The molecule has 2 aromatic rings. The average molecular weight is 663 g/mol. The molecule has 2 saturated heterocycles. The Morgan fingerprint density at radius 3 is 2.50 bits per heavy atom. The van der Waals surface area contributed by atoms with Crippen LogP contribution in [0.15, 0.2) is 42.5 Å². The van der Waals surface area contributed by atoms with E-state index in [2.05, 4.69) is 10.6 Å². The van der Waals surface area contributed by atoms with E-state index in [9.17, 15) is 27.5 Å². The van der Waals surface area contributed by atoms with E-state index < -0.39 is 45.6 Å². The number of rotatable bonds is 10. The second-order valence-corrected chi connectivity index (χ2v) is 14.8. The molecule has 3 aliphatic rings. The van der Waals surface area contributed by atoms with E-state index >= 15 is 4.39 Å². The molecule has 13 heteroatoms. The molecular formula is C33H44F2N4O6S. The number of hydrogen-bond donors (Lipinski definition) is 3.